The number of fused-ring (bicyclic) bond motifs is 3. The molecule has 30 heavy (non-hydrogen) atoms. The number of esters is 2. The molecule has 0 aliphatic heterocycles. The fraction of sp³-hybridized carbons (Fsp3) is 0.0952. The molecule has 0 radical (unpaired) electrons. The van der Waals surface area contributed by atoms with E-state index in [-0.39, 0.29) is 17.1 Å². The van der Waals surface area contributed by atoms with Gasteiger partial charge in [-0.25, -0.2) is 0 Å². The number of hydrogen-bond acceptors (Lipinski definition) is 8. The van der Waals surface area contributed by atoms with Gasteiger partial charge in [-0.05, 0) is 0 Å². The van der Waals surface area contributed by atoms with E-state index >= 15 is 0 Å². The molecule has 0 spiro atoms. The summed E-state index contributed by atoms with van der Waals surface area (Å²) in [5.74, 6) is -1.05. The van der Waals surface area contributed by atoms with E-state index in [2.05, 4.69) is 4.98 Å². The van der Waals surface area contributed by atoms with Crippen molar-refractivity contribution in [1.29, 1.82) is 5.26 Å². The lowest BCUT2D eigenvalue weighted by Crippen LogP contribution is -2.15. The van der Waals surface area contributed by atoms with Crippen molar-refractivity contribution in [3.63, 3.8) is 0 Å². The number of hydrogen-bond donors (Lipinski definition) is 0. The molecule has 148 valence electrons. The summed E-state index contributed by atoms with van der Waals surface area (Å²) in [6, 6.07) is 14.0. The van der Waals surface area contributed by atoms with Crippen LogP contribution in [0, 0.1) is 11.3 Å². The van der Waals surface area contributed by atoms with Crippen LogP contribution in [0.3, 0.4) is 0 Å². The Labute approximate surface area is 173 Å². The lowest BCUT2D eigenvalue weighted by atomic mass is 10.1. The van der Waals surface area contributed by atoms with Crippen LogP contribution in [0.1, 0.15) is 19.4 Å². The standard InChI is InChI=1S/C21H13N3O5S/c1-11(25)28-16-8-15-18(9-17(16)29-12(2)26)30-21-23-20(27)14(10-22)19(24(15)21)13-6-4-3-5-7-13/h3-9H,1-2H3. The van der Waals surface area contributed by atoms with Crippen molar-refractivity contribution in [2.24, 2.45) is 0 Å². The molecule has 4 rings (SSSR count). The quantitative estimate of drug-likeness (QED) is 0.370. The van der Waals surface area contributed by atoms with Gasteiger partial charge >= 0.3 is 11.9 Å². The Bertz CT molecular complexity index is 1430. The second-order valence-corrected chi connectivity index (χ2v) is 7.30. The highest BCUT2D eigenvalue weighted by Gasteiger charge is 2.21. The van der Waals surface area contributed by atoms with Gasteiger partial charge in [-0.15, -0.1) is 0 Å². The van der Waals surface area contributed by atoms with Crippen molar-refractivity contribution in [2.45, 2.75) is 13.8 Å². The molecule has 2 aromatic heterocycles. The van der Waals surface area contributed by atoms with Crippen LogP contribution < -0.4 is 15.0 Å². The molecule has 0 amide bonds. The Morgan fingerprint density at radius 1 is 1.07 bits per heavy atom. The zero-order chi connectivity index (χ0) is 21.4. The van der Waals surface area contributed by atoms with Crippen molar-refractivity contribution in [3.8, 4) is 28.8 Å². The second kappa shape index (κ2) is 7.42. The molecule has 9 heteroatoms. The topological polar surface area (TPSA) is 111 Å². The van der Waals surface area contributed by atoms with Crippen molar-refractivity contribution in [2.75, 3.05) is 0 Å². The first-order valence-electron chi connectivity index (χ1n) is 8.74. The van der Waals surface area contributed by atoms with Gasteiger partial charge in [0.25, 0.3) is 5.56 Å². The summed E-state index contributed by atoms with van der Waals surface area (Å²) < 4.78 is 12.7. The van der Waals surface area contributed by atoms with Gasteiger partial charge in [0.1, 0.15) is 11.6 Å². The molecule has 0 unspecified atom stereocenters. The van der Waals surface area contributed by atoms with Gasteiger partial charge in [-0.2, -0.15) is 10.2 Å². The number of rotatable bonds is 3. The molecule has 0 saturated heterocycles. The Morgan fingerprint density at radius 3 is 2.30 bits per heavy atom. The van der Waals surface area contributed by atoms with E-state index in [1.54, 1.807) is 34.7 Å². The van der Waals surface area contributed by atoms with Gasteiger partial charge in [-0.3, -0.25) is 18.8 Å². The first-order chi connectivity index (χ1) is 14.4. The molecule has 0 bridgehead atoms. The molecule has 0 N–H and O–H groups in total. The summed E-state index contributed by atoms with van der Waals surface area (Å²) in [5.41, 5.74) is 0.847. The first kappa shape index (κ1) is 19.3. The van der Waals surface area contributed by atoms with Crippen molar-refractivity contribution in [3.05, 3.63) is 58.4 Å². The summed E-state index contributed by atoms with van der Waals surface area (Å²) in [6.45, 7) is 2.47. The highest BCUT2D eigenvalue weighted by atomic mass is 32.1. The number of ether oxygens (including phenoxy) is 2. The van der Waals surface area contributed by atoms with Gasteiger partial charge in [0, 0.05) is 31.5 Å². The van der Waals surface area contributed by atoms with E-state index in [0.29, 0.717) is 26.4 Å². The van der Waals surface area contributed by atoms with Gasteiger partial charge in [0.05, 0.1) is 15.9 Å². The summed E-state index contributed by atoms with van der Waals surface area (Å²) in [7, 11) is 0. The maximum atomic E-state index is 12.5. The Balaban J connectivity index is 2.15. The number of carbonyl (C=O) groups is 2. The second-order valence-electron chi connectivity index (χ2n) is 6.29. The predicted octanol–water partition coefficient (Wildman–Crippen LogP) is 3.30. The van der Waals surface area contributed by atoms with Crippen LogP contribution in [-0.4, -0.2) is 21.3 Å². The molecule has 2 aromatic carbocycles. The SMILES string of the molecule is CC(=O)Oc1cc2sc3nc(=O)c(C#N)c(-c4ccccc4)n3c2cc1OC(C)=O. The molecule has 0 fully saturated rings. The number of thiazole rings is 1. The highest BCUT2D eigenvalue weighted by Crippen LogP contribution is 2.38. The summed E-state index contributed by atoms with van der Waals surface area (Å²) >= 11 is 1.18. The van der Waals surface area contributed by atoms with Crippen LogP contribution in [0.15, 0.2) is 47.3 Å². The fourth-order valence-corrected chi connectivity index (χ4v) is 4.15. The maximum absolute atomic E-state index is 12.5. The van der Waals surface area contributed by atoms with E-state index in [4.69, 9.17) is 9.47 Å². The van der Waals surface area contributed by atoms with E-state index < -0.39 is 17.5 Å². The number of nitrogens with zero attached hydrogens (tertiary/aromatic N) is 3. The molecule has 0 atom stereocenters. The molecular weight excluding hydrogens is 406 g/mol. The zero-order valence-electron chi connectivity index (χ0n) is 15.8. The summed E-state index contributed by atoms with van der Waals surface area (Å²) in [4.78, 5) is 39.9. The van der Waals surface area contributed by atoms with Crippen molar-refractivity contribution < 1.29 is 19.1 Å². The van der Waals surface area contributed by atoms with E-state index in [1.807, 2.05) is 12.1 Å². The third-order valence-electron chi connectivity index (χ3n) is 4.20. The summed E-state index contributed by atoms with van der Waals surface area (Å²) in [5, 5.41) is 9.62. The summed E-state index contributed by atoms with van der Waals surface area (Å²) in [6.07, 6.45) is 0. The van der Waals surface area contributed by atoms with Crippen LogP contribution in [0.2, 0.25) is 0 Å². The minimum atomic E-state index is -0.636. The third-order valence-corrected chi connectivity index (χ3v) is 5.20. The zero-order valence-corrected chi connectivity index (χ0v) is 16.6. The minimum Gasteiger partial charge on any atom is -0.423 e. The number of benzene rings is 2. The maximum Gasteiger partial charge on any atom is 0.308 e. The average Bonchev–Trinajstić information content (AvgIpc) is 3.03. The van der Waals surface area contributed by atoms with Crippen LogP contribution >= 0.6 is 11.3 Å². The molecule has 4 aromatic rings. The third kappa shape index (κ3) is 3.29. The normalized spacial score (nSPS) is 10.7. The fourth-order valence-electron chi connectivity index (χ4n) is 3.12. The van der Waals surface area contributed by atoms with Crippen LogP contribution in [0.4, 0.5) is 0 Å². The van der Waals surface area contributed by atoms with Crippen LogP contribution in [0.5, 0.6) is 11.5 Å². The number of aromatic nitrogens is 2. The number of nitriles is 1. The molecule has 2 heterocycles. The monoisotopic (exact) mass is 419 g/mol. The predicted molar refractivity (Wildman–Crippen MR) is 110 cm³/mol. The molecule has 0 aliphatic rings. The van der Waals surface area contributed by atoms with Gasteiger partial charge in [-0.1, -0.05) is 41.7 Å². The Kier molecular flexibility index (Phi) is 4.77. The Hall–Kier alpha value is -4.03. The van der Waals surface area contributed by atoms with Gasteiger partial charge in [0.2, 0.25) is 0 Å². The Morgan fingerprint density at radius 2 is 1.70 bits per heavy atom. The molecular formula is C21H13N3O5S. The van der Waals surface area contributed by atoms with Crippen molar-refractivity contribution >= 4 is 38.5 Å². The van der Waals surface area contributed by atoms with Crippen LogP contribution in [-0.2, 0) is 9.59 Å². The van der Waals surface area contributed by atoms with E-state index in [9.17, 15) is 19.6 Å². The lowest BCUT2D eigenvalue weighted by Gasteiger charge is -2.11. The molecule has 0 aliphatic carbocycles. The molecule has 0 saturated carbocycles. The number of carbonyl (C=O) groups excluding carboxylic acids is 2. The van der Waals surface area contributed by atoms with Crippen molar-refractivity contribution in [1.82, 2.24) is 9.38 Å². The largest absolute Gasteiger partial charge is 0.423 e. The minimum absolute atomic E-state index is 0.0427. The van der Waals surface area contributed by atoms with Gasteiger partial charge < -0.3 is 9.47 Å². The first-order valence-corrected chi connectivity index (χ1v) is 9.56. The van der Waals surface area contributed by atoms with Gasteiger partial charge in [0.15, 0.2) is 16.5 Å². The molecule has 8 nitrogen and oxygen atoms in total. The highest BCUT2D eigenvalue weighted by molar-refractivity contribution is 7.23. The van der Waals surface area contributed by atoms with E-state index in [1.165, 1.54) is 31.3 Å². The lowest BCUT2D eigenvalue weighted by molar-refractivity contribution is -0.134. The average molecular weight is 419 g/mol. The smallest absolute Gasteiger partial charge is 0.308 e. The van der Waals surface area contributed by atoms with E-state index in [0.717, 1.165) is 0 Å². The van der Waals surface area contributed by atoms with Crippen LogP contribution in [0.25, 0.3) is 26.4 Å².